The van der Waals surface area contributed by atoms with Crippen LogP contribution < -0.4 is 9.47 Å². The van der Waals surface area contributed by atoms with Crippen molar-refractivity contribution < 1.29 is 14.6 Å². The highest BCUT2D eigenvalue weighted by Gasteiger charge is 2.05. The predicted octanol–water partition coefficient (Wildman–Crippen LogP) is 2.93. The van der Waals surface area contributed by atoms with Crippen LogP contribution in [0.15, 0.2) is 18.2 Å². The van der Waals surface area contributed by atoms with Crippen LogP contribution in [-0.4, -0.2) is 24.9 Å². The standard InChI is InChI=1S/C14H22O3/c1-4-12(15)6-5-9-17-13-8-7-11(2)10-14(13)16-3/h7-8,10,12,15H,4-6,9H2,1-3H3. The molecule has 0 aliphatic rings. The summed E-state index contributed by atoms with van der Waals surface area (Å²) in [4.78, 5) is 0. The third kappa shape index (κ3) is 4.65. The summed E-state index contributed by atoms with van der Waals surface area (Å²) in [6.07, 6.45) is 2.23. The Morgan fingerprint density at radius 3 is 2.71 bits per heavy atom. The molecule has 17 heavy (non-hydrogen) atoms. The van der Waals surface area contributed by atoms with Crippen molar-refractivity contribution in [1.29, 1.82) is 0 Å². The minimum Gasteiger partial charge on any atom is -0.493 e. The molecular weight excluding hydrogens is 216 g/mol. The smallest absolute Gasteiger partial charge is 0.161 e. The summed E-state index contributed by atoms with van der Waals surface area (Å²) in [6.45, 7) is 4.61. The Labute approximate surface area is 103 Å². The zero-order valence-corrected chi connectivity index (χ0v) is 10.9. The highest BCUT2D eigenvalue weighted by Crippen LogP contribution is 2.27. The van der Waals surface area contributed by atoms with Gasteiger partial charge in [0.1, 0.15) is 0 Å². The number of hydrogen-bond acceptors (Lipinski definition) is 3. The second kappa shape index (κ2) is 7.17. The van der Waals surface area contributed by atoms with Crippen LogP contribution >= 0.6 is 0 Å². The van der Waals surface area contributed by atoms with Crippen LogP contribution in [0.25, 0.3) is 0 Å². The van der Waals surface area contributed by atoms with E-state index < -0.39 is 0 Å². The summed E-state index contributed by atoms with van der Waals surface area (Å²) in [5, 5.41) is 9.41. The van der Waals surface area contributed by atoms with Gasteiger partial charge in [0.25, 0.3) is 0 Å². The van der Waals surface area contributed by atoms with E-state index in [0.717, 1.165) is 36.3 Å². The highest BCUT2D eigenvalue weighted by molar-refractivity contribution is 5.42. The van der Waals surface area contributed by atoms with Crippen molar-refractivity contribution in [2.45, 2.75) is 39.2 Å². The first kappa shape index (κ1) is 13.8. The zero-order chi connectivity index (χ0) is 12.7. The molecule has 0 aromatic heterocycles. The van der Waals surface area contributed by atoms with Crippen molar-refractivity contribution >= 4 is 0 Å². The maximum atomic E-state index is 9.41. The van der Waals surface area contributed by atoms with Gasteiger partial charge in [0.15, 0.2) is 11.5 Å². The summed E-state index contributed by atoms with van der Waals surface area (Å²) in [7, 11) is 1.64. The molecular formula is C14H22O3. The third-order valence-electron chi connectivity index (χ3n) is 2.73. The Bertz CT molecular complexity index is 336. The molecule has 0 fully saturated rings. The van der Waals surface area contributed by atoms with Crippen molar-refractivity contribution in [3.63, 3.8) is 0 Å². The molecule has 0 saturated carbocycles. The maximum Gasteiger partial charge on any atom is 0.161 e. The average molecular weight is 238 g/mol. The average Bonchev–Trinajstić information content (AvgIpc) is 2.35. The van der Waals surface area contributed by atoms with Crippen molar-refractivity contribution in [3.05, 3.63) is 23.8 Å². The van der Waals surface area contributed by atoms with Crippen molar-refractivity contribution in [2.75, 3.05) is 13.7 Å². The largest absolute Gasteiger partial charge is 0.493 e. The van der Waals surface area contributed by atoms with E-state index >= 15 is 0 Å². The number of ether oxygens (including phenoxy) is 2. The third-order valence-corrected chi connectivity index (χ3v) is 2.73. The first-order valence-corrected chi connectivity index (χ1v) is 6.13. The second-order valence-corrected chi connectivity index (χ2v) is 4.21. The first-order chi connectivity index (χ1) is 8.17. The number of aryl methyl sites for hydroxylation is 1. The summed E-state index contributed by atoms with van der Waals surface area (Å²) in [6, 6.07) is 5.87. The van der Waals surface area contributed by atoms with Gasteiger partial charge in [-0.05, 0) is 43.9 Å². The number of methoxy groups -OCH3 is 1. The van der Waals surface area contributed by atoms with E-state index in [1.54, 1.807) is 7.11 Å². The molecule has 0 saturated heterocycles. The van der Waals surface area contributed by atoms with Crippen molar-refractivity contribution in [2.24, 2.45) is 0 Å². The lowest BCUT2D eigenvalue weighted by Gasteiger charge is -2.12. The molecule has 3 heteroatoms. The van der Waals surface area contributed by atoms with Crippen molar-refractivity contribution in [3.8, 4) is 11.5 Å². The van der Waals surface area contributed by atoms with Crippen LogP contribution in [-0.2, 0) is 0 Å². The van der Waals surface area contributed by atoms with Crippen LogP contribution in [0, 0.1) is 6.92 Å². The molecule has 96 valence electrons. The Morgan fingerprint density at radius 2 is 2.06 bits per heavy atom. The minimum absolute atomic E-state index is 0.210. The van der Waals surface area contributed by atoms with Gasteiger partial charge in [-0.25, -0.2) is 0 Å². The molecule has 0 aliphatic heterocycles. The van der Waals surface area contributed by atoms with Gasteiger partial charge in [0, 0.05) is 0 Å². The lowest BCUT2D eigenvalue weighted by atomic mass is 10.1. The number of hydrogen-bond donors (Lipinski definition) is 1. The van der Waals surface area contributed by atoms with E-state index in [0.29, 0.717) is 6.61 Å². The van der Waals surface area contributed by atoms with Gasteiger partial charge in [-0.15, -0.1) is 0 Å². The number of aliphatic hydroxyl groups excluding tert-OH is 1. The fraction of sp³-hybridized carbons (Fsp3) is 0.571. The Kier molecular flexibility index (Phi) is 5.84. The fourth-order valence-electron chi connectivity index (χ4n) is 1.60. The van der Waals surface area contributed by atoms with Crippen LogP contribution in [0.4, 0.5) is 0 Å². The van der Waals surface area contributed by atoms with Crippen molar-refractivity contribution in [1.82, 2.24) is 0 Å². The van der Waals surface area contributed by atoms with Crippen LogP contribution in [0.5, 0.6) is 11.5 Å². The van der Waals surface area contributed by atoms with Gasteiger partial charge in [-0.1, -0.05) is 13.0 Å². The molecule has 1 unspecified atom stereocenters. The maximum absolute atomic E-state index is 9.41. The summed E-state index contributed by atoms with van der Waals surface area (Å²) in [5.41, 5.74) is 1.15. The predicted molar refractivity (Wildman–Crippen MR) is 68.8 cm³/mol. The van der Waals surface area contributed by atoms with Gasteiger partial charge in [-0.3, -0.25) is 0 Å². The molecule has 0 bridgehead atoms. The Morgan fingerprint density at radius 1 is 1.29 bits per heavy atom. The molecule has 1 aromatic carbocycles. The lowest BCUT2D eigenvalue weighted by molar-refractivity contribution is 0.148. The summed E-state index contributed by atoms with van der Waals surface area (Å²) in [5.74, 6) is 1.53. The molecule has 0 spiro atoms. The fourth-order valence-corrected chi connectivity index (χ4v) is 1.60. The minimum atomic E-state index is -0.210. The normalized spacial score (nSPS) is 12.2. The van der Waals surface area contributed by atoms with E-state index in [4.69, 9.17) is 9.47 Å². The van der Waals surface area contributed by atoms with E-state index in [2.05, 4.69) is 0 Å². The molecule has 0 radical (unpaired) electrons. The van der Waals surface area contributed by atoms with Gasteiger partial charge in [0.05, 0.1) is 19.8 Å². The monoisotopic (exact) mass is 238 g/mol. The van der Waals surface area contributed by atoms with Crippen LogP contribution in [0.2, 0.25) is 0 Å². The Hall–Kier alpha value is -1.22. The summed E-state index contributed by atoms with van der Waals surface area (Å²) < 4.78 is 10.9. The topological polar surface area (TPSA) is 38.7 Å². The molecule has 0 amide bonds. The Balaban J connectivity index is 2.41. The molecule has 1 atom stereocenters. The summed E-state index contributed by atoms with van der Waals surface area (Å²) >= 11 is 0. The second-order valence-electron chi connectivity index (χ2n) is 4.21. The molecule has 1 aromatic rings. The van der Waals surface area contributed by atoms with Crippen LogP contribution in [0.1, 0.15) is 31.7 Å². The van der Waals surface area contributed by atoms with E-state index in [1.807, 2.05) is 32.0 Å². The van der Waals surface area contributed by atoms with Gasteiger partial charge in [-0.2, -0.15) is 0 Å². The van der Waals surface area contributed by atoms with Gasteiger partial charge >= 0.3 is 0 Å². The SMILES string of the molecule is CCC(O)CCCOc1ccc(C)cc1OC. The number of aliphatic hydroxyl groups is 1. The molecule has 3 nitrogen and oxygen atoms in total. The van der Waals surface area contributed by atoms with E-state index in [1.165, 1.54) is 0 Å². The molecule has 1 rings (SSSR count). The zero-order valence-electron chi connectivity index (χ0n) is 10.9. The van der Waals surface area contributed by atoms with Gasteiger partial charge < -0.3 is 14.6 Å². The number of benzene rings is 1. The van der Waals surface area contributed by atoms with E-state index in [9.17, 15) is 5.11 Å². The highest BCUT2D eigenvalue weighted by atomic mass is 16.5. The molecule has 0 heterocycles. The quantitative estimate of drug-likeness (QED) is 0.742. The lowest BCUT2D eigenvalue weighted by Crippen LogP contribution is -2.07. The number of rotatable bonds is 7. The van der Waals surface area contributed by atoms with E-state index in [-0.39, 0.29) is 6.10 Å². The molecule has 1 N–H and O–H groups in total. The van der Waals surface area contributed by atoms with Gasteiger partial charge in [0.2, 0.25) is 0 Å². The molecule has 0 aliphatic carbocycles. The van der Waals surface area contributed by atoms with Crippen LogP contribution in [0.3, 0.4) is 0 Å². The first-order valence-electron chi connectivity index (χ1n) is 6.13.